The Kier molecular flexibility index (Phi) is 4.44. The quantitative estimate of drug-likeness (QED) is 0.921. The summed E-state index contributed by atoms with van der Waals surface area (Å²) in [6, 6.07) is 0.610. The van der Waals surface area contributed by atoms with Crippen molar-refractivity contribution in [3.63, 3.8) is 0 Å². The van der Waals surface area contributed by atoms with Crippen LogP contribution in [-0.4, -0.2) is 19.5 Å². The van der Waals surface area contributed by atoms with Gasteiger partial charge in [0.05, 0.1) is 6.04 Å². The van der Waals surface area contributed by atoms with Crippen molar-refractivity contribution in [3.05, 3.63) is 36.2 Å². The van der Waals surface area contributed by atoms with Crippen molar-refractivity contribution in [3.8, 4) is 0 Å². The maximum absolute atomic E-state index is 12.7. The maximum Gasteiger partial charge on any atom is 0.433 e. The molecule has 0 fully saturated rings. The summed E-state index contributed by atoms with van der Waals surface area (Å²) in [5.74, 6) is 0.684. The van der Waals surface area contributed by atoms with Gasteiger partial charge in [-0.25, -0.2) is 15.0 Å². The van der Waals surface area contributed by atoms with Gasteiger partial charge in [-0.15, -0.1) is 0 Å². The molecule has 0 aliphatic heterocycles. The number of rotatable bonds is 5. The van der Waals surface area contributed by atoms with E-state index in [0.29, 0.717) is 6.42 Å². The van der Waals surface area contributed by atoms with E-state index in [1.807, 2.05) is 18.5 Å². The van der Waals surface area contributed by atoms with Gasteiger partial charge in [0.2, 0.25) is 5.95 Å². The van der Waals surface area contributed by atoms with E-state index in [2.05, 4.69) is 20.3 Å². The molecule has 0 bridgehead atoms. The molecule has 114 valence electrons. The topological polar surface area (TPSA) is 55.6 Å². The molecule has 1 atom stereocenters. The second kappa shape index (κ2) is 6.11. The van der Waals surface area contributed by atoms with Crippen LogP contribution in [0.15, 0.2) is 24.7 Å². The number of halogens is 3. The van der Waals surface area contributed by atoms with Crippen LogP contribution < -0.4 is 5.32 Å². The molecular weight excluding hydrogens is 283 g/mol. The molecule has 0 spiro atoms. The minimum absolute atomic E-state index is 0.0497. The van der Waals surface area contributed by atoms with E-state index < -0.39 is 11.9 Å². The van der Waals surface area contributed by atoms with Crippen LogP contribution in [0.25, 0.3) is 0 Å². The molecule has 1 unspecified atom stereocenters. The molecule has 0 saturated heterocycles. The fourth-order valence-electron chi connectivity index (χ4n) is 2.01. The second-order valence-corrected chi connectivity index (χ2v) is 4.65. The Morgan fingerprint density at radius 1 is 1.29 bits per heavy atom. The Morgan fingerprint density at radius 3 is 2.62 bits per heavy atom. The zero-order valence-corrected chi connectivity index (χ0v) is 11.7. The summed E-state index contributed by atoms with van der Waals surface area (Å²) in [6.45, 7) is 1.99. The summed E-state index contributed by atoms with van der Waals surface area (Å²) >= 11 is 0. The number of imidazole rings is 1. The van der Waals surface area contributed by atoms with Gasteiger partial charge in [-0.1, -0.05) is 13.3 Å². The van der Waals surface area contributed by atoms with E-state index in [4.69, 9.17) is 0 Å². The molecule has 0 saturated carbocycles. The Balaban J connectivity index is 2.24. The van der Waals surface area contributed by atoms with Gasteiger partial charge in [-0.3, -0.25) is 0 Å². The molecule has 2 aromatic heterocycles. The maximum atomic E-state index is 12.7. The van der Waals surface area contributed by atoms with E-state index in [9.17, 15) is 13.2 Å². The lowest BCUT2D eigenvalue weighted by molar-refractivity contribution is -0.141. The number of nitrogens with zero attached hydrogens (tertiary/aromatic N) is 4. The molecule has 21 heavy (non-hydrogen) atoms. The van der Waals surface area contributed by atoms with Crippen molar-refractivity contribution in [2.75, 3.05) is 5.32 Å². The summed E-state index contributed by atoms with van der Waals surface area (Å²) in [7, 11) is 1.83. The first-order valence-corrected chi connectivity index (χ1v) is 6.55. The van der Waals surface area contributed by atoms with Crippen molar-refractivity contribution in [2.24, 2.45) is 7.05 Å². The number of aryl methyl sites for hydroxylation is 1. The SMILES string of the molecule is CCCC(Nc1nccc(C(F)(F)F)n1)c1nccn1C. The average molecular weight is 299 g/mol. The highest BCUT2D eigenvalue weighted by molar-refractivity contribution is 5.29. The highest BCUT2D eigenvalue weighted by Crippen LogP contribution is 2.28. The summed E-state index contributed by atoms with van der Waals surface area (Å²) in [5.41, 5.74) is -0.963. The number of alkyl halides is 3. The summed E-state index contributed by atoms with van der Waals surface area (Å²) in [5, 5.41) is 2.93. The van der Waals surface area contributed by atoms with Crippen LogP contribution in [0, 0.1) is 0 Å². The van der Waals surface area contributed by atoms with Crippen molar-refractivity contribution in [1.29, 1.82) is 0 Å². The standard InChI is InChI=1S/C13H16F3N5/c1-3-4-9(11-17-7-8-21(11)2)19-12-18-6-5-10(20-12)13(14,15)16/h5-9H,3-4H2,1-2H3,(H,18,19,20). The van der Waals surface area contributed by atoms with E-state index in [1.54, 1.807) is 12.4 Å². The van der Waals surface area contributed by atoms with Gasteiger partial charge in [0, 0.05) is 25.6 Å². The summed E-state index contributed by atoms with van der Waals surface area (Å²) in [6.07, 6.45) is 1.61. The second-order valence-electron chi connectivity index (χ2n) is 4.65. The Hall–Kier alpha value is -2.12. The highest BCUT2D eigenvalue weighted by atomic mass is 19.4. The number of nitrogens with one attached hydrogen (secondary N) is 1. The molecule has 1 N–H and O–H groups in total. The minimum Gasteiger partial charge on any atom is -0.344 e. The molecule has 0 amide bonds. The van der Waals surface area contributed by atoms with Crippen LogP contribution >= 0.6 is 0 Å². The lowest BCUT2D eigenvalue weighted by Crippen LogP contribution is -2.18. The first kappa shape index (κ1) is 15.3. The Labute approximate surface area is 120 Å². The van der Waals surface area contributed by atoms with Gasteiger partial charge in [0.1, 0.15) is 11.5 Å². The fourth-order valence-corrected chi connectivity index (χ4v) is 2.01. The van der Waals surface area contributed by atoms with Crippen molar-refractivity contribution in [1.82, 2.24) is 19.5 Å². The van der Waals surface area contributed by atoms with Crippen LogP contribution in [0.3, 0.4) is 0 Å². The minimum atomic E-state index is -4.48. The van der Waals surface area contributed by atoms with E-state index in [1.165, 1.54) is 0 Å². The third kappa shape index (κ3) is 3.71. The number of aromatic nitrogens is 4. The van der Waals surface area contributed by atoms with Crippen LogP contribution in [0.2, 0.25) is 0 Å². The van der Waals surface area contributed by atoms with Crippen LogP contribution in [0.1, 0.15) is 37.3 Å². The number of hydrogen-bond acceptors (Lipinski definition) is 4. The monoisotopic (exact) mass is 299 g/mol. The van der Waals surface area contributed by atoms with Gasteiger partial charge < -0.3 is 9.88 Å². The molecule has 2 heterocycles. The molecule has 2 rings (SSSR count). The zero-order chi connectivity index (χ0) is 15.5. The largest absolute Gasteiger partial charge is 0.433 e. The fraction of sp³-hybridized carbons (Fsp3) is 0.462. The highest BCUT2D eigenvalue weighted by Gasteiger charge is 2.33. The summed E-state index contributed by atoms with van der Waals surface area (Å²) in [4.78, 5) is 11.6. The van der Waals surface area contributed by atoms with Gasteiger partial charge in [-0.2, -0.15) is 13.2 Å². The van der Waals surface area contributed by atoms with Gasteiger partial charge in [0.15, 0.2) is 0 Å². The first-order chi connectivity index (χ1) is 9.91. The Morgan fingerprint density at radius 2 is 2.05 bits per heavy atom. The smallest absolute Gasteiger partial charge is 0.344 e. The van der Waals surface area contributed by atoms with Gasteiger partial charge in [0.25, 0.3) is 0 Å². The third-order valence-electron chi connectivity index (χ3n) is 3.00. The molecule has 5 nitrogen and oxygen atoms in total. The Bertz CT molecular complexity index is 593. The van der Waals surface area contributed by atoms with E-state index >= 15 is 0 Å². The van der Waals surface area contributed by atoms with Crippen LogP contribution in [0.4, 0.5) is 19.1 Å². The predicted molar refractivity (Wildman–Crippen MR) is 71.5 cm³/mol. The predicted octanol–water partition coefficient (Wildman–Crippen LogP) is 3.18. The molecule has 0 aliphatic carbocycles. The summed E-state index contributed by atoms with van der Waals surface area (Å²) < 4.78 is 39.8. The molecule has 0 radical (unpaired) electrons. The van der Waals surface area contributed by atoms with Crippen LogP contribution in [0.5, 0.6) is 0 Å². The van der Waals surface area contributed by atoms with Gasteiger partial charge in [-0.05, 0) is 12.5 Å². The first-order valence-electron chi connectivity index (χ1n) is 6.55. The lowest BCUT2D eigenvalue weighted by atomic mass is 10.1. The normalized spacial score (nSPS) is 13.2. The number of anilines is 1. The molecule has 8 heteroatoms. The molecular formula is C13H16F3N5. The van der Waals surface area contributed by atoms with E-state index in [0.717, 1.165) is 24.5 Å². The van der Waals surface area contributed by atoms with Gasteiger partial charge >= 0.3 is 6.18 Å². The van der Waals surface area contributed by atoms with E-state index in [-0.39, 0.29) is 12.0 Å². The molecule has 0 aromatic carbocycles. The number of hydrogen-bond donors (Lipinski definition) is 1. The average Bonchev–Trinajstić information content (AvgIpc) is 2.84. The van der Waals surface area contributed by atoms with Crippen molar-refractivity contribution >= 4 is 5.95 Å². The zero-order valence-electron chi connectivity index (χ0n) is 11.7. The van der Waals surface area contributed by atoms with Crippen molar-refractivity contribution in [2.45, 2.75) is 32.0 Å². The molecule has 0 aliphatic rings. The van der Waals surface area contributed by atoms with Crippen molar-refractivity contribution < 1.29 is 13.2 Å². The third-order valence-corrected chi connectivity index (χ3v) is 3.00. The van der Waals surface area contributed by atoms with Crippen LogP contribution in [-0.2, 0) is 13.2 Å². The molecule has 2 aromatic rings. The lowest BCUT2D eigenvalue weighted by Gasteiger charge is -2.18.